The van der Waals surface area contributed by atoms with Crippen LogP contribution < -0.4 is 24.8 Å². The summed E-state index contributed by atoms with van der Waals surface area (Å²) in [7, 11) is 2.98. The van der Waals surface area contributed by atoms with E-state index in [0.717, 1.165) is 12.8 Å². The second kappa shape index (κ2) is 13.5. The molecule has 222 valence electrons. The SMILES string of the molecule is CCCCOc1cccc(C2C(C(=O)Nc3ccccc3OC)C(=O)CC(C)(O)C2C(=O)Nc2ccccc2OC)c1. The third kappa shape index (κ3) is 6.74. The zero-order valence-corrected chi connectivity index (χ0v) is 24.4. The number of anilines is 2. The van der Waals surface area contributed by atoms with Crippen molar-refractivity contribution in [2.45, 2.75) is 44.6 Å². The molecule has 0 bridgehead atoms. The molecule has 0 spiro atoms. The molecule has 9 nitrogen and oxygen atoms in total. The third-order valence-corrected chi connectivity index (χ3v) is 7.57. The standard InChI is InChI=1S/C33H38N2O7/c1-5-6-18-42-22-13-11-12-21(19-22)28-29(31(37)34-23-14-7-9-16-26(23)40-3)25(36)20-33(2,39)30(28)32(38)35-24-15-8-10-17-27(24)41-4/h7-17,19,28-30,39H,5-6,18,20H2,1-4H3,(H,34,37)(H,35,38). The van der Waals surface area contributed by atoms with Crippen LogP contribution in [0.15, 0.2) is 72.8 Å². The lowest BCUT2D eigenvalue weighted by atomic mass is 9.61. The van der Waals surface area contributed by atoms with Crippen molar-refractivity contribution in [2.75, 3.05) is 31.5 Å². The van der Waals surface area contributed by atoms with E-state index in [1.807, 2.05) is 0 Å². The van der Waals surface area contributed by atoms with Gasteiger partial charge in [0.1, 0.15) is 28.9 Å². The van der Waals surface area contributed by atoms with Gasteiger partial charge in [-0.3, -0.25) is 14.4 Å². The van der Waals surface area contributed by atoms with Gasteiger partial charge in [-0.05, 0) is 55.3 Å². The number of carbonyl (C=O) groups excluding carboxylic acids is 3. The summed E-state index contributed by atoms with van der Waals surface area (Å²) in [6.07, 6.45) is 1.43. The molecule has 0 saturated heterocycles. The van der Waals surface area contributed by atoms with Gasteiger partial charge in [0.25, 0.3) is 0 Å². The maximum atomic E-state index is 14.0. The molecular formula is C33H38N2O7. The number of methoxy groups -OCH3 is 2. The van der Waals surface area contributed by atoms with Gasteiger partial charge >= 0.3 is 0 Å². The number of Topliss-reactive ketones (excluding diaryl/α,β-unsaturated/α-hetero) is 1. The molecule has 4 atom stereocenters. The highest BCUT2D eigenvalue weighted by molar-refractivity contribution is 6.11. The highest BCUT2D eigenvalue weighted by Gasteiger charge is 2.56. The van der Waals surface area contributed by atoms with Crippen molar-refractivity contribution < 1.29 is 33.7 Å². The average Bonchev–Trinajstić information content (AvgIpc) is 2.97. The van der Waals surface area contributed by atoms with E-state index in [1.165, 1.54) is 21.1 Å². The first-order chi connectivity index (χ1) is 20.2. The van der Waals surface area contributed by atoms with E-state index >= 15 is 0 Å². The number of hydrogen-bond acceptors (Lipinski definition) is 7. The maximum absolute atomic E-state index is 14.0. The van der Waals surface area contributed by atoms with Crippen molar-refractivity contribution in [1.82, 2.24) is 0 Å². The van der Waals surface area contributed by atoms with Gasteiger partial charge in [0.05, 0.1) is 43.7 Å². The van der Waals surface area contributed by atoms with Gasteiger partial charge in [-0.1, -0.05) is 49.7 Å². The van der Waals surface area contributed by atoms with Gasteiger partial charge in [-0.25, -0.2) is 0 Å². The number of aliphatic hydroxyl groups is 1. The number of unbranched alkanes of at least 4 members (excludes halogenated alkanes) is 1. The Hall–Kier alpha value is -4.37. The van der Waals surface area contributed by atoms with E-state index < -0.39 is 41.0 Å². The Morgan fingerprint density at radius 3 is 2.10 bits per heavy atom. The van der Waals surface area contributed by atoms with Gasteiger partial charge in [-0.2, -0.15) is 0 Å². The van der Waals surface area contributed by atoms with Crippen LogP contribution in [0, 0.1) is 11.8 Å². The molecule has 3 aromatic carbocycles. The van der Waals surface area contributed by atoms with E-state index in [1.54, 1.807) is 72.8 Å². The number of amides is 2. The molecule has 1 aliphatic rings. The van der Waals surface area contributed by atoms with E-state index in [-0.39, 0.29) is 6.42 Å². The summed E-state index contributed by atoms with van der Waals surface area (Å²) in [5.74, 6) is -3.69. The number of rotatable bonds is 11. The number of ether oxygens (including phenoxy) is 3. The van der Waals surface area contributed by atoms with E-state index in [9.17, 15) is 19.5 Å². The predicted octanol–water partition coefficient (Wildman–Crippen LogP) is 5.20. The monoisotopic (exact) mass is 574 g/mol. The summed E-state index contributed by atoms with van der Waals surface area (Å²) in [6.45, 7) is 4.02. The molecule has 1 saturated carbocycles. The fourth-order valence-corrected chi connectivity index (χ4v) is 5.55. The van der Waals surface area contributed by atoms with Crippen molar-refractivity contribution in [3.63, 3.8) is 0 Å². The fourth-order valence-electron chi connectivity index (χ4n) is 5.55. The zero-order valence-electron chi connectivity index (χ0n) is 24.4. The summed E-state index contributed by atoms with van der Waals surface area (Å²) in [5.41, 5.74) is -0.435. The predicted molar refractivity (Wildman–Crippen MR) is 160 cm³/mol. The fraction of sp³-hybridized carbons (Fsp3) is 0.364. The number of benzene rings is 3. The van der Waals surface area contributed by atoms with Crippen LogP contribution in [0.1, 0.15) is 44.6 Å². The molecule has 0 radical (unpaired) electrons. The second-order valence-electron chi connectivity index (χ2n) is 10.6. The summed E-state index contributed by atoms with van der Waals surface area (Å²) >= 11 is 0. The maximum Gasteiger partial charge on any atom is 0.235 e. The minimum atomic E-state index is -1.76. The Morgan fingerprint density at radius 1 is 0.905 bits per heavy atom. The van der Waals surface area contributed by atoms with Crippen LogP contribution in [0.4, 0.5) is 11.4 Å². The van der Waals surface area contributed by atoms with Gasteiger partial charge in [0.15, 0.2) is 0 Å². The minimum absolute atomic E-state index is 0.385. The molecule has 2 amide bonds. The number of ketones is 1. The molecule has 0 aromatic heterocycles. The molecule has 4 rings (SSSR count). The highest BCUT2D eigenvalue weighted by atomic mass is 16.5. The number of nitrogens with one attached hydrogen (secondary N) is 2. The van der Waals surface area contributed by atoms with Gasteiger partial charge < -0.3 is 30.0 Å². The second-order valence-corrected chi connectivity index (χ2v) is 10.6. The van der Waals surface area contributed by atoms with Gasteiger partial charge in [0, 0.05) is 12.3 Å². The number of carbonyl (C=O) groups is 3. The van der Waals surface area contributed by atoms with Crippen LogP contribution in [-0.2, 0) is 14.4 Å². The Kier molecular flexibility index (Phi) is 9.85. The normalized spacial score (nSPS) is 21.7. The van der Waals surface area contributed by atoms with Crippen LogP contribution in [0.25, 0.3) is 0 Å². The Morgan fingerprint density at radius 2 is 1.50 bits per heavy atom. The topological polar surface area (TPSA) is 123 Å². The summed E-state index contributed by atoms with van der Waals surface area (Å²) in [5, 5.41) is 17.3. The molecule has 1 aliphatic carbocycles. The van der Waals surface area contributed by atoms with E-state index in [2.05, 4.69) is 17.6 Å². The Labute approximate surface area is 246 Å². The van der Waals surface area contributed by atoms with E-state index in [0.29, 0.717) is 40.8 Å². The van der Waals surface area contributed by atoms with Gasteiger partial charge in [0.2, 0.25) is 11.8 Å². The number of hydrogen-bond donors (Lipinski definition) is 3. The molecule has 0 aliphatic heterocycles. The largest absolute Gasteiger partial charge is 0.495 e. The van der Waals surface area contributed by atoms with Crippen LogP contribution >= 0.6 is 0 Å². The molecule has 1 fully saturated rings. The smallest absolute Gasteiger partial charge is 0.235 e. The van der Waals surface area contributed by atoms with Crippen LogP contribution in [-0.4, -0.2) is 49.1 Å². The first kappa shape index (κ1) is 30.6. The van der Waals surface area contributed by atoms with Gasteiger partial charge in [-0.15, -0.1) is 0 Å². The highest BCUT2D eigenvalue weighted by Crippen LogP contribution is 2.47. The lowest BCUT2D eigenvalue weighted by Crippen LogP contribution is -2.56. The first-order valence-electron chi connectivity index (χ1n) is 14.1. The summed E-state index contributed by atoms with van der Waals surface area (Å²) in [6, 6.07) is 20.8. The quantitative estimate of drug-likeness (QED) is 0.212. The van der Waals surface area contributed by atoms with Crippen molar-refractivity contribution >= 4 is 29.0 Å². The molecule has 0 heterocycles. The Balaban J connectivity index is 1.79. The Bertz CT molecular complexity index is 1420. The van der Waals surface area contributed by atoms with E-state index in [4.69, 9.17) is 14.2 Å². The van der Waals surface area contributed by atoms with Crippen LogP contribution in [0.3, 0.4) is 0 Å². The lowest BCUT2D eigenvalue weighted by Gasteiger charge is -2.44. The molecular weight excluding hydrogens is 536 g/mol. The number of para-hydroxylation sites is 4. The van der Waals surface area contributed by atoms with Crippen LogP contribution in [0.5, 0.6) is 17.2 Å². The lowest BCUT2D eigenvalue weighted by molar-refractivity contribution is -0.150. The molecule has 9 heteroatoms. The molecule has 4 unspecified atom stereocenters. The van der Waals surface area contributed by atoms with Crippen molar-refractivity contribution in [2.24, 2.45) is 11.8 Å². The van der Waals surface area contributed by atoms with Crippen molar-refractivity contribution in [1.29, 1.82) is 0 Å². The van der Waals surface area contributed by atoms with Crippen molar-refractivity contribution in [3.8, 4) is 17.2 Å². The van der Waals surface area contributed by atoms with Crippen molar-refractivity contribution in [3.05, 3.63) is 78.4 Å². The van der Waals surface area contributed by atoms with Crippen LogP contribution in [0.2, 0.25) is 0 Å². The molecule has 42 heavy (non-hydrogen) atoms. The average molecular weight is 575 g/mol. The third-order valence-electron chi connectivity index (χ3n) is 7.57. The minimum Gasteiger partial charge on any atom is -0.495 e. The summed E-state index contributed by atoms with van der Waals surface area (Å²) in [4.78, 5) is 41.6. The molecule has 3 N–H and O–H groups in total. The molecule has 3 aromatic rings. The zero-order chi connectivity index (χ0) is 30.3. The first-order valence-corrected chi connectivity index (χ1v) is 14.1. The summed E-state index contributed by atoms with van der Waals surface area (Å²) < 4.78 is 16.7.